The summed E-state index contributed by atoms with van der Waals surface area (Å²) in [5, 5.41) is 3.40. The van der Waals surface area contributed by atoms with E-state index in [9.17, 15) is 9.59 Å². The lowest BCUT2D eigenvalue weighted by Crippen LogP contribution is -2.46. The summed E-state index contributed by atoms with van der Waals surface area (Å²) in [6, 6.07) is -0.0555. The number of nitrogens with one attached hydrogen (secondary N) is 1. The summed E-state index contributed by atoms with van der Waals surface area (Å²) < 4.78 is 0.272. The van der Waals surface area contributed by atoms with E-state index in [2.05, 4.69) is 11.6 Å². The molecule has 1 N–H and O–H groups in total. The van der Waals surface area contributed by atoms with Gasteiger partial charge in [-0.05, 0) is 31.9 Å². The molecular weight excluding hydrogens is 272 g/mol. The predicted molar refractivity (Wildman–Crippen MR) is 80.6 cm³/mol. The molecule has 1 heterocycles. The zero-order valence-electron chi connectivity index (χ0n) is 12.2. The number of rotatable bonds is 5. The highest BCUT2D eigenvalue weighted by molar-refractivity contribution is 8.00. The van der Waals surface area contributed by atoms with Gasteiger partial charge in [-0.15, -0.1) is 0 Å². The van der Waals surface area contributed by atoms with Gasteiger partial charge in [0.05, 0.1) is 12.5 Å². The van der Waals surface area contributed by atoms with Gasteiger partial charge in [-0.2, -0.15) is 11.8 Å². The molecule has 3 rings (SSSR count). The third-order valence-corrected chi connectivity index (χ3v) is 6.38. The molecule has 0 aromatic heterocycles. The molecule has 20 heavy (non-hydrogen) atoms. The standard InChI is InChI=1S/C15H24N2O2S/c1-20-15(7-3-2-4-8-15)10-16-12-9-13(18)17(14(12)19)11-5-6-11/h11-12,16H,2-10H2,1H3. The van der Waals surface area contributed by atoms with E-state index in [4.69, 9.17) is 0 Å². The van der Waals surface area contributed by atoms with E-state index in [1.165, 1.54) is 37.0 Å². The van der Waals surface area contributed by atoms with Gasteiger partial charge in [-0.25, -0.2) is 0 Å². The number of thioether (sulfide) groups is 1. The molecule has 3 fully saturated rings. The zero-order valence-corrected chi connectivity index (χ0v) is 13.0. The Bertz CT molecular complexity index is 403. The fraction of sp³-hybridized carbons (Fsp3) is 0.867. The van der Waals surface area contributed by atoms with Crippen molar-refractivity contribution in [2.75, 3.05) is 12.8 Å². The molecule has 0 aromatic rings. The van der Waals surface area contributed by atoms with E-state index >= 15 is 0 Å². The molecule has 1 unspecified atom stereocenters. The third kappa shape index (κ3) is 2.75. The second-order valence-electron chi connectivity index (χ2n) is 6.42. The third-order valence-electron chi connectivity index (χ3n) is 4.96. The van der Waals surface area contributed by atoms with Crippen LogP contribution < -0.4 is 5.32 Å². The Morgan fingerprint density at radius 2 is 1.95 bits per heavy atom. The molecule has 2 aliphatic carbocycles. The van der Waals surface area contributed by atoms with Crippen LogP contribution in [-0.2, 0) is 9.59 Å². The summed E-state index contributed by atoms with van der Waals surface area (Å²) in [5.74, 6) is 0.0430. The number of amides is 2. The van der Waals surface area contributed by atoms with Crippen LogP contribution in [0.25, 0.3) is 0 Å². The Morgan fingerprint density at radius 3 is 2.55 bits per heavy atom. The van der Waals surface area contributed by atoms with Crippen LogP contribution >= 0.6 is 11.8 Å². The molecule has 1 aliphatic heterocycles. The van der Waals surface area contributed by atoms with E-state index < -0.39 is 0 Å². The maximum absolute atomic E-state index is 12.3. The highest BCUT2D eigenvalue weighted by Gasteiger charge is 2.46. The van der Waals surface area contributed by atoms with Gasteiger partial charge < -0.3 is 5.32 Å². The molecule has 0 radical (unpaired) electrons. The van der Waals surface area contributed by atoms with E-state index in [-0.39, 0.29) is 28.6 Å². The number of imide groups is 1. The van der Waals surface area contributed by atoms with Gasteiger partial charge in [-0.3, -0.25) is 14.5 Å². The second-order valence-corrected chi connectivity index (χ2v) is 7.69. The molecule has 3 aliphatic rings. The number of carbonyl (C=O) groups excluding carboxylic acids is 2. The quantitative estimate of drug-likeness (QED) is 0.788. The molecule has 2 saturated carbocycles. The van der Waals surface area contributed by atoms with E-state index in [0.717, 1.165) is 19.4 Å². The van der Waals surface area contributed by atoms with Crippen molar-refractivity contribution in [3.8, 4) is 0 Å². The Kier molecular flexibility index (Phi) is 4.09. The van der Waals surface area contributed by atoms with Crippen molar-refractivity contribution >= 4 is 23.6 Å². The normalized spacial score (nSPS) is 30.1. The first-order valence-electron chi connectivity index (χ1n) is 7.80. The molecular formula is C15H24N2O2S. The van der Waals surface area contributed by atoms with Crippen molar-refractivity contribution in [1.29, 1.82) is 0 Å². The predicted octanol–water partition coefficient (Wildman–Crippen LogP) is 1.93. The van der Waals surface area contributed by atoms with E-state index in [1.54, 1.807) is 0 Å². The minimum absolute atomic E-state index is 0.0181. The fourth-order valence-corrected chi connectivity index (χ4v) is 4.41. The summed E-state index contributed by atoms with van der Waals surface area (Å²) in [5.41, 5.74) is 0. The van der Waals surface area contributed by atoms with Crippen LogP contribution in [0.4, 0.5) is 0 Å². The summed E-state index contributed by atoms with van der Waals surface area (Å²) >= 11 is 1.93. The van der Waals surface area contributed by atoms with Crippen molar-refractivity contribution in [2.24, 2.45) is 0 Å². The number of hydrogen-bond acceptors (Lipinski definition) is 4. The van der Waals surface area contributed by atoms with E-state index in [1.807, 2.05) is 11.8 Å². The molecule has 2 amide bonds. The van der Waals surface area contributed by atoms with E-state index in [0.29, 0.717) is 6.42 Å². The molecule has 1 atom stereocenters. The van der Waals surface area contributed by atoms with Gasteiger partial charge in [0.1, 0.15) is 0 Å². The number of hydrogen-bond donors (Lipinski definition) is 1. The zero-order chi connectivity index (χ0) is 14.2. The Labute approximate surface area is 125 Å². The summed E-state index contributed by atoms with van der Waals surface area (Å²) in [6.45, 7) is 0.857. The summed E-state index contributed by atoms with van der Waals surface area (Å²) in [4.78, 5) is 25.8. The van der Waals surface area contributed by atoms with Gasteiger partial charge in [0, 0.05) is 17.3 Å². The van der Waals surface area contributed by atoms with Crippen molar-refractivity contribution in [2.45, 2.75) is 68.2 Å². The lowest BCUT2D eigenvalue weighted by Gasteiger charge is -2.36. The van der Waals surface area contributed by atoms with Crippen LogP contribution in [0.1, 0.15) is 51.4 Å². The first-order chi connectivity index (χ1) is 9.65. The lowest BCUT2D eigenvalue weighted by atomic mass is 9.88. The molecule has 0 aromatic carbocycles. The minimum atomic E-state index is -0.269. The van der Waals surface area contributed by atoms with Gasteiger partial charge >= 0.3 is 0 Å². The van der Waals surface area contributed by atoms with Crippen LogP contribution in [0, 0.1) is 0 Å². The number of likely N-dealkylation sites (tertiary alicyclic amines) is 1. The average molecular weight is 296 g/mol. The van der Waals surface area contributed by atoms with Gasteiger partial charge in [0.25, 0.3) is 0 Å². The minimum Gasteiger partial charge on any atom is -0.304 e. The SMILES string of the molecule is CSC1(CNC2CC(=O)N(C3CC3)C2=O)CCCCC1. The monoisotopic (exact) mass is 296 g/mol. The molecule has 0 spiro atoms. The molecule has 4 nitrogen and oxygen atoms in total. The molecule has 0 bridgehead atoms. The first kappa shape index (κ1) is 14.4. The lowest BCUT2D eigenvalue weighted by molar-refractivity contribution is -0.139. The Balaban J connectivity index is 1.58. The van der Waals surface area contributed by atoms with Crippen molar-refractivity contribution in [1.82, 2.24) is 10.2 Å². The Morgan fingerprint density at radius 1 is 1.25 bits per heavy atom. The average Bonchev–Trinajstić information content (AvgIpc) is 3.25. The molecule has 112 valence electrons. The second kappa shape index (κ2) is 5.68. The van der Waals surface area contributed by atoms with Gasteiger partial charge in [0.2, 0.25) is 11.8 Å². The summed E-state index contributed by atoms with van der Waals surface area (Å²) in [7, 11) is 0. The Hall–Kier alpha value is -0.550. The van der Waals surface area contributed by atoms with Crippen LogP contribution in [0.5, 0.6) is 0 Å². The highest BCUT2D eigenvalue weighted by Crippen LogP contribution is 2.38. The van der Waals surface area contributed by atoms with Crippen molar-refractivity contribution in [3.63, 3.8) is 0 Å². The maximum atomic E-state index is 12.3. The number of nitrogens with zero attached hydrogens (tertiary/aromatic N) is 1. The maximum Gasteiger partial charge on any atom is 0.247 e. The van der Waals surface area contributed by atoms with Crippen molar-refractivity contribution < 1.29 is 9.59 Å². The van der Waals surface area contributed by atoms with Crippen LogP contribution in [0.2, 0.25) is 0 Å². The topological polar surface area (TPSA) is 49.4 Å². The molecule has 5 heteroatoms. The molecule has 1 saturated heterocycles. The van der Waals surface area contributed by atoms with Crippen LogP contribution in [0.3, 0.4) is 0 Å². The summed E-state index contributed by atoms with van der Waals surface area (Å²) in [6.07, 6.45) is 10.9. The van der Waals surface area contributed by atoms with Crippen LogP contribution in [0.15, 0.2) is 0 Å². The number of carbonyl (C=O) groups is 2. The highest BCUT2D eigenvalue weighted by atomic mass is 32.2. The fourth-order valence-electron chi connectivity index (χ4n) is 3.49. The van der Waals surface area contributed by atoms with Gasteiger partial charge in [0.15, 0.2) is 0 Å². The van der Waals surface area contributed by atoms with Crippen LogP contribution in [-0.4, -0.2) is 46.3 Å². The van der Waals surface area contributed by atoms with Crippen molar-refractivity contribution in [3.05, 3.63) is 0 Å². The van der Waals surface area contributed by atoms with Gasteiger partial charge in [-0.1, -0.05) is 19.3 Å². The smallest absolute Gasteiger partial charge is 0.247 e. The first-order valence-corrected chi connectivity index (χ1v) is 9.02. The largest absolute Gasteiger partial charge is 0.304 e.